The summed E-state index contributed by atoms with van der Waals surface area (Å²) in [5, 5.41) is 15.6. The third-order valence-corrected chi connectivity index (χ3v) is 6.80. The van der Waals surface area contributed by atoms with E-state index in [1.54, 1.807) is 6.08 Å². The molecule has 4 N–H and O–H groups in total. The number of nitrogen functional groups attached to an aromatic ring is 1. The van der Waals surface area contributed by atoms with E-state index in [1.807, 2.05) is 41.2 Å². The summed E-state index contributed by atoms with van der Waals surface area (Å²) < 4.78 is 5.87. The van der Waals surface area contributed by atoms with Gasteiger partial charge in [-0.25, -0.2) is 9.36 Å². The summed E-state index contributed by atoms with van der Waals surface area (Å²) in [5.41, 5.74) is 5.76. The molecule has 0 saturated carbocycles. The van der Waals surface area contributed by atoms with E-state index in [0.29, 0.717) is 17.9 Å². The van der Waals surface area contributed by atoms with Crippen LogP contribution < -0.4 is 15.6 Å². The lowest BCUT2D eigenvalue weighted by atomic mass is 10.0. The average molecular weight is 503 g/mol. The van der Waals surface area contributed by atoms with Gasteiger partial charge in [0.15, 0.2) is 24.1 Å². The SMILES string of the molecule is CO/N=C(\C(=O)NC1C(=O)N2C(C(=O)O)=C(/C=C/C[n+]3ccccc3)CS[C@H]12)c1nsc(N)n1. The van der Waals surface area contributed by atoms with Crippen molar-refractivity contribution < 1.29 is 28.9 Å². The number of aromatic nitrogens is 3. The zero-order valence-corrected chi connectivity index (χ0v) is 19.5. The van der Waals surface area contributed by atoms with Crippen molar-refractivity contribution in [2.45, 2.75) is 18.0 Å². The second-order valence-corrected chi connectivity index (χ2v) is 8.98. The molecule has 2 atom stereocenters. The highest BCUT2D eigenvalue weighted by Crippen LogP contribution is 2.40. The molecule has 2 aliphatic heterocycles. The van der Waals surface area contributed by atoms with Crippen molar-refractivity contribution in [3.8, 4) is 0 Å². The zero-order chi connectivity index (χ0) is 24.2. The number of hydrogen-bond acceptors (Lipinski definition) is 10. The Morgan fingerprint density at radius 2 is 2.18 bits per heavy atom. The van der Waals surface area contributed by atoms with Crippen molar-refractivity contribution in [2.75, 3.05) is 18.6 Å². The molecule has 12 nitrogen and oxygen atoms in total. The number of carboxylic acid groups (broad SMARTS) is 1. The summed E-state index contributed by atoms with van der Waals surface area (Å²) in [6.07, 6.45) is 7.34. The molecule has 14 heteroatoms. The van der Waals surface area contributed by atoms with Gasteiger partial charge in [-0.3, -0.25) is 14.5 Å². The van der Waals surface area contributed by atoms with Crippen LogP contribution in [-0.4, -0.2) is 67.1 Å². The van der Waals surface area contributed by atoms with Gasteiger partial charge in [-0.2, -0.15) is 9.36 Å². The summed E-state index contributed by atoms with van der Waals surface area (Å²) in [4.78, 5) is 47.4. The number of amides is 2. The van der Waals surface area contributed by atoms with Gasteiger partial charge in [-0.15, -0.1) is 11.8 Å². The highest BCUT2D eigenvalue weighted by molar-refractivity contribution is 8.00. The third-order valence-electron chi connectivity index (χ3n) is 4.95. The van der Waals surface area contributed by atoms with Gasteiger partial charge < -0.3 is 21.0 Å². The molecule has 0 spiro atoms. The first kappa shape index (κ1) is 23.4. The highest BCUT2D eigenvalue weighted by Gasteiger charge is 2.54. The molecule has 2 aliphatic rings. The molecule has 4 heterocycles. The maximum absolute atomic E-state index is 12.9. The number of β-lactam (4-membered cyclic amide) rings is 1. The van der Waals surface area contributed by atoms with Gasteiger partial charge >= 0.3 is 5.97 Å². The van der Waals surface area contributed by atoms with Crippen LogP contribution in [-0.2, 0) is 25.8 Å². The maximum atomic E-state index is 12.9. The molecule has 1 unspecified atom stereocenters. The number of oxime groups is 1. The Balaban J connectivity index is 1.49. The van der Waals surface area contributed by atoms with E-state index in [1.165, 1.54) is 23.8 Å². The predicted octanol–water partition coefficient (Wildman–Crippen LogP) is -0.247. The molecule has 34 heavy (non-hydrogen) atoms. The van der Waals surface area contributed by atoms with Gasteiger partial charge in [0.2, 0.25) is 11.5 Å². The summed E-state index contributed by atoms with van der Waals surface area (Å²) in [6, 6.07) is 4.76. The molecular formula is C20H20N7O5S2+. The fourth-order valence-electron chi connectivity index (χ4n) is 3.46. The molecule has 0 aromatic carbocycles. The Bertz CT molecular complexity index is 1210. The number of rotatable bonds is 8. The number of thioether (sulfide) groups is 1. The molecule has 2 aromatic heterocycles. The van der Waals surface area contributed by atoms with E-state index in [2.05, 4.69) is 19.8 Å². The number of carboxylic acids is 1. The van der Waals surface area contributed by atoms with Crippen molar-refractivity contribution >= 4 is 51.9 Å². The van der Waals surface area contributed by atoms with E-state index >= 15 is 0 Å². The number of carbonyl (C=O) groups excluding carboxylic acids is 2. The van der Waals surface area contributed by atoms with Gasteiger partial charge in [0.25, 0.3) is 11.8 Å². The number of nitrogens with two attached hydrogens (primary N) is 1. The van der Waals surface area contributed by atoms with Crippen LogP contribution in [0, 0.1) is 0 Å². The average Bonchev–Trinajstić information content (AvgIpc) is 3.26. The monoisotopic (exact) mass is 502 g/mol. The van der Waals surface area contributed by atoms with Gasteiger partial charge in [0.1, 0.15) is 24.2 Å². The van der Waals surface area contributed by atoms with Gasteiger partial charge in [0, 0.05) is 29.4 Å². The maximum Gasteiger partial charge on any atom is 0.352 e. The molecule has 0 radical (unpaired) electrons. The topological polar surface area (TPSA) is 164 Å². The van der Waals surface area contributed by atoms with Gasteiger partial charge in [0.05, 0.1) is 0 Å². The molecule has 4 rings (SSSR count). The number of nitrogens with one attached hydrogen (secondary N) is 1. The standard InChI is InChI=1S/C20H19N7O5S2/c1-32-24-12(15-23-20(21)34-25-15)16(28)22-13-17(29)27-14(19(30)31)11(10-33-18(13)27)6-5-9-26-7-3-2-4-8-26/h2-8,13,18H,9-10H2,1H3,(H3-,21,22,23,25,28,30,31)/p+1/b6-5+,24-12-/t13?,18-/m1/s1. The minimum absolute atomic E-state index is 0.0309. The predicted molar refractivity (Wildman–Crippen MR) is 123 cm³/mol. The van der Waals surface area contributed by atoms with Crippen molar-refractivity contribution in [3.05, 3.63) is 59.8 Å². The first-order chi connectivity index (χ1) is 16.4. The van der Waals surface area contributed by atoms with E-state index in [-0.39, 0.29) is 22.4 Å². The lowest BCUT2D eigenvalue weighted by Crippen LogP contribution is -2.71. The van der Waals surface area contributed by atoms with Crippen LogP contribution in [0.4, 0.5) is 5.13 Å². The quantitative estimate of drug-likeness (QED) is 0.191. The van der Waals surface area contributed by atoms with E-state index in [0.717, 1.165) is 11.5 Å². The normalized spacial score (nSPS) is 20.2. The van der Waals surface area contributed by atoms with Gasteiger partial charge in [-0.05, 0) is 11.6 Å². The smallest absolute Gasteiger partial charge is 0.352 e. The van der Waals surface area contributed by atoms with Gasteiger partial charge in [-0.1, -0.05) is 17.3 Å². The second-order valence-electron chi connectivity index (χ2n) is 7.09. The van der Waals surface area contributed by atoms with Crippen LogP contribution in [0.15, 0.2) is 59.2 Å². The highest BCUT2D eigenvalue weighted by atomic mass is 32.2. The molecule has 176 valence electrons. The van der Waals surface area contributed by atoms with Crippen molar-refractivity contribution in [2.24, 2.45) is 5.16 Å². The number of fused-ring (bicyclic) bond motifs is 1. The summed E-state index contributed by atoms with van der Waals surface area (Å²) in [5.74, 6) is -2.14. The van der Waals surface area contributed by atoms with Crippen LogP contribution in [0.3, 0.4) is 0 Å². The fraction of sp³-hybridized carbons (Fsp3) is 0.250. The lowest BCUT2D eigenvalue weighted by Gasteiger charge is -2.49. The van der Waals surface area contributed by atoms with Crippen molar-refractivity contribution in [1.29, 1.82) is 0 Å². The number of carbonyl (C=O) groups is 3. The molecule has 2 aromatic rings. The first-order valence-electron chi connectivity index (χ1n) is 9.94. The molecular weight excluding hydrogens is 482 g/mol. The molecule has 0 aliphatic carbocycles. The van der Waals surface area contributed by atoms with E-state index < -0.39 is 29.2 Å². The van der Waals surface area contributed by atoms with Crippen molar-refractivity contribution in [3.63, 3.8) is 0 Å². The molecule has 1 fully saturated rings. The lowest BCUT2D eigenvalue weighted by molar-refractivity contribution is -0.687. The van der Waals surface area contributed by atoms with E-state index in [9.17, 15) is 19.5 Å². The molecule has 1 saturated heterocycles. The van der Waals surface area contributed by atoms with Crippen molar-refractivity contribution in [1.82, 2.24) is 19.6 Å². The Kier molecular flexibility index (Phi) is 6.88. The first-order valence-corrected chi connectivity index (χ1v) is 11.8. The fourth-order valence-corrected chi connectivity index (χ4v) is 5.21. The number of allylic oxidation sites excluding steroid dienone is 2. The second kappa shape index (κ2) is 10.0. The number of nitrogens with zero attached hydrogens (tertiary/aromatic N) is 5. The molecule has 2 amide bonds. The Morgan fingerprint density at radius 1 is 1.41 bits per heavy atom. The molecule has 0 bridgehead atoms. The number of anilines is 1. The van der Waals surface area contributed by atoms with Crippen LogP contribution in [0.25, 0.3) is 0 Å². The third kappa shape index (κ3) is 4.63. The Morgan fingerprint density at radius 3 is 2.82 bits per heavy atom. The minimum atomic E-state index is -1.21. The number of hydrogen-bond donors (Lipinski definition) is 3. The van der Waals surface area contributed by atoms with Crippen LogP contribution in [0.2, 0.25) is 0 Å². The zero-order valence-electron chi connectivity index (χ0n) is 17.8. The van der Waals surface area contributed by atoms with Crippen LogP contribution >= 0.6 is 23.3 Å². The Labute approximate surface area is 202 Å². The summed E-state index contributed by atoms with van der Waals surface area (Å²) in [7, 11) is 1.26. The number of aliphatic carboxylic acids is 1. The minimum Gasteiger partial charge on any atom is -0.477 e. The van der Waals surface area contributed by atoms with Crippen LogP contribution in [0.1, 0.15) is 5.82 Å². The largest absolute Gasteiger partial charge is 0.477 e. The van der Waals surface area contributed by atoms with E-state index in [4.69, 9.17) is 10.6 Å². The van der Waals surface area contributed by atoms with Crippen LogP contribution in [0.5, 0.6) is 0 Å². The summed E-state index contributed by atoms with van der Waals surface area (Å²) in [6.45, 7) is 0.550. The summed E-state index contributed by atoms with van der Waals surface area (Å²) >= 11 is 2.24. The Hall–Kier alpha value is -3.78. The number of pyridine rings is 1.